The fraction of sp³-hybridized carbons (Fsp3) is 0.474. The van der Waals surface area contributed by atoms with Crippen molar-refractivity contribution in [1.29, 1.82) is 0 Å². The Kier molecular flexibility index (Phi) is 14.8. The molecule has 0 aliphatic carbocycles. The van der Waals surface area contributed by atoms with E-state index in [-0.39, 0.29) is 12.2 Å². The Labute approximate surface area is 301 Å². The molecule has 1 N–H and O–H groups in total. The molecule has 1 unspecified atom stereocenters. The number of piperidine rings is 2. The molecule has 50 heavy (non-hydrogen) atoms. The molecule has 1 atom stereocenters. The van der Waals surface area contributed by atoms with Crippen LogP contribution in [0.5, 0.6) is 0 Å². The molecular weight excluding hydrogens is 676 g/mol. The number of hydrogen-bond acceptors (Lipinski definition) is 6. The van der Waals surface area contributed by atoms with Crippen LogP contribution in [-0.2, 0) is 0 Å². The van der Waals surface area contributed by atoms with Gasteiger partial charge in [-0.05, 0) is 87.6 Å². The molecule has 270 valence electrons. The van der Waals surface area contributed by atoms with Gasteiger partial charge in [0.2, 0.25) is 5.95 Å². The molecule has 0 saturated carbocycles. The Hall–Kier alpha value is -3.40. The standard InChI is InChI=1S/C34H37F3N6OS.C2H7P.C2H6/c1-21-10-16-41(17-11-21)24-12-18-42(19-13-24)34-39-30(26-20-23(7-6-22(26)2)33(45)38-15-14-35)25-8-9-29(44)43(32(25)40-34)31-27(36)4-3-5-28(31)37;1-2-3;1-2/h3-9,20-21,24H,10-19H2,1-2H3,(H,38,45);2-3H2,1H3;1-2H3. The molecule has 4 aromatic rings. The highest BCUT2D eigenvalue weighted by Gasteiger charge is 2.29. The third-order valence-corrected chi connectivity index (χ3v) is 9.50. The Bertz CT molecular complexity index is 1790. The summed E-state index contributed by atoms with van der Waals surface area (Å²) in [6, 6.07) is 12.5. The fourth-order valence-corrected chi connectivity index (χ4v) is 6.70. The number of aryl methyl sites for hydroxylation is 1. The van der Waals surface area contributed by atoms with Crippen LogP contribution < -0.4 is 15.8 Å². The molecule has 12 heteroatoms. The molecule has 0 spiro atoms. The molecule has 0 radical (unpaired) electrons. The van der Waals surface area contributed by atoms with Gasteiger partial charge < -0.3 is 15.1 Å². The maximum Gasteiger partial charge on any atom is 0.256 e. The van der Waals surface area contributed by atoms with Gasteiger partial charge in [-0.3, -0.25) is 9.36 Å². The van der Waals surface area contributed by atoms with Gasteiger partial charge in [-0.15, -0.1) is 9.24 Å². The Balaban J connectivity index is 0.00000107. The summed E-state index contributed by atoms with van der Waals surface area (Å²) >= 11 is 5.51. The first-order valence-electron chi connectivity index (χ1n) is 17.7. The average Bonchev–Trinajstić information content (AvgIpc) is 3.12. The number of halogens is 3. The number of para-hydroxylation sites is 1. The third kappa shape index (κ3) is 9.09. The van der Waals surface area contributed by atoms with Crippen molar-refractivity contribution >= 4 is 43.4 Å². The van der Waals surface area contributed by atoms with Crippen LogP contribution in [0.2, 0.25) is 0 Å². The number of anilines is 1. The molecule has 7 nitrogen and oxygen atoms in total. The highest BCUT2D eigenvalue weighted by Crippen LogP contribution is 2.33. The number of aromatic nitrogens is 3. The zero-order valence-corrected chi connectivity index (χ0v) is 31.8. The number of fused-ring (bicyclic) bond motifs is 1. The van der Waals surface area contributed by atoms with Gasteiger partial charge in [0.1, 0.15) is 29.0 Å². The van der Waals surface area contributed by atoms with E-state index in [0.29, 0.717) is 46.7 Å². The minimum Gasteiger partial charge on any atom is -0.373 e. The van der Waals surface area contributed by atoms with Gasteiger partial charge in [-0.2, -0.15) is 4.98 Å². The SMILES string of the molecule is CC.CCP.Cc1ccc(C(=S)NCCF)cc1-c1nc(N2CCC(N3CCC(C)CC3)CC2)nc2c1ccc(=O)n2-c1c(F)cccc1F. The van der Waals surface area contributed by atoms with Gasteiger partial charge in [0.15, 0.2) is 5.65 Å². The number of pyridine rings is 1. The van der Waals surface area contributed by atoms with E-state index in [1.54, 1.807) is 6.07 Å². The normalized spacial score (nSPS) is 15.6. The van der Waals surface area contributed by atoms with Crippen LogP contribution in [0.3, 0.4) is 0 Å². The van der Waals surface area contributed by atoms with Gasteiger partial charge in [0.05, 0.1) is 5.69 Å². The van der Waals surface area contributed by atoms with Crippen LogP contribution in [0.1, 0.15) is 64.5 Å². The summed E-state index contributed by atoms with van der Waals surface area (Å²) in [6.45, 7) is 13.5. The monoisotopic (exact) mass is 726 g/mol. The smallest absolute Gasteiger partial charge is 0.256 e. The van der Waals surface area contributed by atoms with Crippen LogP contribution >= 0.6 is 21.5 Å². The predicted octanol–water partition coefficient (Wildman–Crippen LogP) is 7.88. The quantitative estimate of drug-likeness (QED) is 0.154. The molecule has 6 rings (SSSR count). The zero-order valence-electron chi connectivity index (χ0n) is 29.8. The molecule has 2 aromatic carbocycles. The van der Waals surface area contributed by atoms with Crippen molar-refractivity contribution in [2.45, 2.75) is 66.3 Å². The molecule has 0 amide bonds. The average molecular weight is 727 g/mol. The third-order valence-electron chi connectivity index (χ3n) is 9.12. The second kappa shape index (κ2) is 18.7. The van der Waals surface area contributed by atoms with Crippen molar-refractivity contribution in [2.24, 2.45) is 5.92 Å². The number of thiocarbonyl (C=S) groups is 1. The van der Waals surface area contributed by atoms with Crippen molar-refractivity contribution in [3.05, 3.63) is 81.6 Å². The molecule has 2 aliphatic rings. The Morgan fingerprint density at radius 2 is 1.62 bits per heavy atom. The van der Waals surface area contributed by atoms with Crippen molar-refractivity contribution < 1.29 is 13.2 Å². The van der Waals surface area contributed by atoms with E-state index in [0.717, 1.165) is 59.7 Å². The van der Waals surface area contributed by atoms with E-state index >= 15 is 8.78 Å². The van der Waals surface area contributed by atoms with Crippen LogP contribution in [0, 0.1) is 24.5 Å². The summed E-state index contributed by atoms with van der Waals surface area (Å²) in [5, 5.41) is 3.37. The zero-order chi connectivity index (χ0) is 36.4. The highest BCUT2D eigenvalue weighted by atomic mass is 32.1. The maximum atomic E-state index is 15.2. The molecule has 0 bridgehead atoms. The topological polar surface area (TPSA) is 66.3 Å². The van der Waals surface area contributed by atoms with E-state index in [9.17, 15) is 9.18 Å². The van der Waals surface area contributed by atoms with Crippen LogP contribution in [0.4, 0.5) is 19.1 Å². The van der Waals surface area contributed by atoms with Crippen molar-refractivity contribution in [1.82, 2.24) is 24.8 Å². The molecular formula is C38H50F3N6OPS. The first kappa shape index (κ1) is 39.4. The second-order valence-corrected chi connectivity index (χ2v) is 13.7. The molecule has 2 aromatic heterocycles. The Morgan fingerprint density at radius 1 is 0.980 bits per heavy atom. The minimum absolute atomic E-state index is 0.0928. The van der Waals surface area contributed by atoms with Gasteiger partial charge in [-0.1, -0.05) is 58.1 Å². The first-order chi connectivity index (χ1) is 24.2. The van der Waals surface area contributed by atoms with Gasteiger partial charge in [0.25, 0.3) is 5.56 Å². The van der Waals surface area contributed by atoms with Gasteiger partial charge >= 0.3 is 0 Å². The largest absolute Gasteiger partial charge is 0.373 e. The van der Waals surface area contributed by atoms with E-state index in [2.05, 4.69) is 38.2 Å². The van der Waals surface area contributed by atoms with E-state index < -0.39 is 29.6 Å². The molecule has 2 aliphatic heterocycles. The van der Waals surface area contributed by atoms with Crippen LogP contribution in [0.15, 0.2) is 53.3 Å². The van der Waals surface area contributed by atoms with E-state index in [1.807, 2.05) is 39.0 Å². The summed E-state index contributed by atoms with van der Waals surface area (Å²) in [5.74, 6) is -0.587. The van der Waals surface area contributed by atoms with E-state index in [1.165, 1.54) is 31.1 Å². The lowest BCUT2D eigenvalue weighted by Gasteiger charge is -2.41. The number of alkyl halides is 1. The maximum absolute atomic E-state index is 15.2. The lowest BCUT2D eigenvalue weighted by Crippen LogP contribution is -2.48. The number of nitrogens with one attached hydrogen (secondary N) is 1. The number of rotatable bonds is 7. The minimum atomic E-state index is -0.870. The number of benzene rings is 2. The lowest BCUT2D eigenvalue weighted by molar-refractivity contribution is 0.120. The Morgan fingerprint density at radius 3 is 2.24 bits per heavy atom. The first-order valence-corrected chi connectivity index (χ1v) is 18.9. The van der Waals surface area contributed by atoms with Gasteiger partial charge in [-0.25, -0.2) is 18.2 Å². The molecule has 2 saturated heterocycles. The highest BCUT2D eigenvalue weighted by molar-refractivity contribution is 7.80. The molecule has 2 fully saturated rings. The molecule has 4 heterocycles. The predicted molar refractivity (Wildman–Crippen MR) is 208 cm³/mol. The van der Waals surface area contributed by atoms with Crippen molar-refractivity contribution in [3.8, 4) is 16.9 Å². The lowest BCUT2D eigenvalue weighted by atomic mass is 9.95. The van der Waals surface area contributed by atoms with Gasteiger partial charge in [0, 0.05) is 48.3 Å². The van der Waals surface area contributed by atoms with E-state index in [4.69, 9.17) is 22.2 Å². The van der Waals surface area contributed by atoms with Crippen LogP contribution in [0.25, 0.3) is 28.0 Å². The fourth-order valence-electron chi connectivity index (χ4n) is 6.47. The van der Waals surface area contributed by atoms with Crippen molar-refractivity contribution in [3.63, 3.8) is 0 Å². The summed E-state index contributed by atoms with van der Waals surface area (Å²) in [4.78, 5) is 28.3. The number of likely N-dealkylation sites (tertiary alicyclic amines) is 1. The summed E-state index contributed by atoms with van der Waals surface area (Å²) < 4.78 is 44.2. The number of hydrogen-bond donors (Lipinski definition) is 1. The summed E-state index contributed by atoms with van der Waals surface area (Å²) in [6.07, 6.45) is 5.48. The summed E-state index contributed by atoms with van der Waals surface area (Å²) in [5.41, 5.74) is 1.82. The number of nitrogens with zero attached hydrogens (tertiary/aromatic N) is 5. The van der Waals surface area contributed by atoms with Crippen molar-refractivity contribution in [2.75, 3.05) is 50.5 Å². The summed E-state index contributed by atoms with van der Waals surface area (Å²) in [7, 11) is 2.58. The van der Waals surface area contributed by atoms with Crippen LogP contribution in [-0.4, -0.2) is 76.0 Å². The second-order valence-electron chi connectivity index (χ2n) is 12.5.